The number of hydrogen-bond donors (Lipinski definition) is 2. The molecule has 0 fully saturated rings. The van der Waals surface area contributed by atoms with Gasteiger partial charge in [0.15, 0.2) is 6.61 Å². The van der Waals surface area contributed by atoms with Crippen molar-refractivity contribution in [2.24, 2.45) is 5.92 Å². The highest BCUT2D eigenvalue weighted by molar-refractivity contribution is 5.89. The predicted molar refractivity (Wildman–Crippen MR) is 78.3 cm³/mol. The number of ether oxygens (including phenoxy) is 2. The Morgan fingerprint density at radius 3 is 1.96 bits per heavy atom. The maximum absolute atomic E-state index is 12.8. The number of rotatable bonds is 8. The Kier molecular flexibility index (Phi) is 8.74. The van der Waals surface area contributed by atoms with Crippen LogP contribution in [0, 0.1) is 5.92 Å². The van der Waals surface area contributed by atoms with Gasteiger partial charge in [0.1, 0.15) is 12.1 Å². The molecule has 2 amide bonds. The zero-order valence-electron chi connectivity index (χ0n) is 14.6. The summed E-state index contributed by atoms with van der Waals surface area (Å²) in [5.74, 6) is -7.75. The monoisotopic (exact) mass is 392 g/mol. The molecule has 0 saturated carbocycles. The van der Waals surface area contributed by atoms with Crippen molar-refractivity contribution in [1.82, 2.24) is 10.6 Å². The first-order valence-corrected chi connectivity index (χ1v) is 7.47. The molecule has 2 N–H and O–H groups in total. The van der Waals surface area contributed by atoms with Crippen LogP contribution in [-0.4, -0.2) is 55.9 Å². The second kappa shape index (κ2) is 9.53. The van der Waals surface area contributed by atoms with Gasteiger partial charge in [-0.3, -0.25) is 4.79 Å². The Bertz CT molecular complexity index is 510. The number of esters is 1. The molecule has 2 unspecified atom stereocenters. The van der Waals surface area contributed by atoms with Crippen molar-refractivity contribution in [1.29, 1.82) is 0 Å². The highest BCUT2D eigenvalue weighted by Crippen LogP contribution is 2.35. The molecule has 26 heavy (non-hydrogen) atoms. The van der Waals surface area contributed by atoms with Gasteiger partial charge in [-0.25, -0.2) is 9.59 Å². The number of methoxy groups -OCH3 is 1. The van der Waals surface area contributed by atoms with Crippen molar-refractivity contribution in [3.63, 3.8) is 0 Å². The number of carbonyl (C=O) groups excluding carboxylic acids is 3. The van der Waals surface area contributed by atoms with Gasteiger partial charge in [0.25, 0.3) is 0 Å². The summed E-state index contributed by atoms with van der Waals surface area (Å²) in [6.45, 7) is 2.32. The van der Waals surface area contributed by atoms with Gasteiger partial charge >= 0.3 is 24.2 Å². The van der Waals surface area contributed by atoms with Gasteiger partial charge in [0, 0.05) is 0 Å². The van der Waals surface area contributed by atoms with E-state index in [0.29, 0.717) is 0 Å². The molecule has 0 saturated heterocycles. The van der Waals surface area contributed by atoms with E-state index < -0.39 is 48.8 Å². The first-order valence-electron chi connectivity index (χ1n) is 7.47. The van der Waals surface area contributed by atoms with E-state index in [4.69, 9.17) is 0 Å². The van der Waals surface area contributed by atoms with Crippen LogP contribution in [-0.2, 0) is 19.1 Å². The smallest absolute Gasteiger partial charge is 0.456 e. The number of amides is 2. The Hall–Kier alpha value is -2.14. The summed E-state index contributed by atoms with van der Waals surface area (Å²) < 4.78 is 70.3. The summed E-state index contributed by atoms with van der Waals surface area (Å²) in [5, 5.41) is 4.25. The standard InChI is InChI=1S/C14H21F5N2O5/c1-7(2)5-9(21-10(22)8(3)20-12(24)25-4)11(23)26-6-13(15,16)14(17,18)19/h7-9H,5-6H2,1-4H3,(H,20,24)(H,21,22). The second-order valence-electron chi connectivity index (χ2n) is 5.86. The number of hydrogen-bond acceptors (Lipinski definition) is 5. The average molecular weight is 392 g/mol. The third-order valence-electron chi connectivity index (χ3n) is 3.03. The molecule has 0 radical (unpaired) electrons. The minimum absolute atomic E-state index is 0.0763. The van der Waals surface area contributed by atoms with Crippen molar-refractivity contribution in [3.8, 4) is 0 Å². The number of nitrogens with one attached hydrogen (secondary N) is 2. The lowest BCUT2D eigenvalue weighted by atomic mass is 10.0. The molecule has 152 valence electrons. The van der Waals surface area contributed by atoms with Crippen molar-refractivity contribution >= 4 is 18.0 Å². The van der Waals surface area contributed by atoms with Gasteiger partial charge in [-0.1, -0.05) is 13.8 Å². The van der Waals surface area contributed by atoms with Gasteiger partial charge in [0.05, 0.1) is 7.11 Å². The van der Waals surface area contributed by atoms with Crippen LogP contribution in [0.3, 0.4) is 0 Å². The quantitative estimate of drug-likeness (QED) is 0.487. The molecule has 0 aromatic carbocycles. The van der Waals surface area contributed by atoms with Crippen molar-refractivity contribution in [2.45, 2.75) is 51.4 Å². The maximum atomic E-state index is 12.8. The van der Waals surface area contributed by atoms with Crippen LogP contribution in [0.4, 0.5) is 26.7 Å². The largest absolute Gasteiger partial charge is 0.457 e. The van der Waals surface area contributed by atoms with Crippen LogP contribution in [0.25, 0.3) is 0 Å². The van der Waals surface area contributed by atoms with E-state index in [1.54, 1.807) is 13.8 Å². The highest BCUT2D eigenvalue weighted by Gasteiger charge is 2.58. The third-order valence-corrected chi connectivity index (χ3v) is 3.03. The van der Waals surface area contributed by atoms with E-state index in [1.807, 2.05) is 0 Å². The molecule has 0 aliphatic carbocycles. The van der Waals surface area contributed by atoms with Crippen molar-refractivity contribution in [3.05, 3.63) is 0 Å². The average Bonchev–Trinajstić information content (AvgIpc) is 2.49. The lowest BCUT2D eigenvalue weighted by Gasteiger charge is -2.24. The van der Waals surface area contributed by atoms with Gasteiger partial charge in [-0.15, -0.1) is 0 Å². The van der Waals surface area contributed by atoms with Crippen molar-refractivity contribution < 1.29 is 45.8 Å². The molecule has 0 aromatic heterocycles. The Morgan fingerprint density at radius 2 is 1.54 bits per heavy atom. The summed E-state index contributed by atoms with van der Waals surface area (Å²) in [6.07, 6.45) is -6.88. The minimum atomic E-state index is -5.87. The lowest BCUT2D eigenvalue weighted by Crippen LogP contribution is -2.51. The summed E-state index contributed by atoms with van der Waals surface area (Å²) in [5.41, 5.74) is 0. The maximum Gasteiger partial charge on any atom is 0.456 e. The second-order valence-corrected chi connectivity index (χ2v) is 5.86. The zero-order chi connectivity index (χ0) is 20.7. The predicted octanol–water partition coefficient (Wildman–Crippen LogP) is 2.00. The van der Waals surface area contributed by atoms with Crippen LogP contribution in [0.1, 0.15) is 27.2 Å². The fourth-order valence-electron chi connectivity index (χ4n) is 1.63. The molecule has 0 spiro atoms. The Morgan fingerprint density at radius 1 is 1.00 bits per heavy atom. The van der Waals surface area contributed by atoms with Crippen LogP contribution in [0.15, 0.2) is 0 Å². The van der Waals surface area contributed by atoms with E-state index in [2.05, 4.69) is 20.1 Å². The van der Waals surface area contributed by atoms with Gasteiger partial charge in [0.2, 0.25) is 5.91 Å². The molecule has 7 nitrogen and oxygen atoms in total. The van der Waals surface area contributed by atoms with Gasteiger partial charge in [-0.2, -0.15) is 22.0 Å². The molecule has 0 aromatic rings. The van der Waals surface area contributed by atoms with Crippen LogP contribution >= 0.6 is 0 Å². The first-order chi connectivity index (χ1) is 11.7. The number of alkyl carbamates (subject to hydrolysis) is 1. The number of carbonyl (C=O) groups is 3. The highest BCUT2D eigenvalue weighted by atomic mass is 19.4. The fourth-order valence-corrected chi connectivity index (χ4v) is 1.63. The molecular formula is C14H21F5N2O5. The Balaban J connectivity index is 4.95. The van der Waals surface area contributed by atoms with E-state index in [1.165, 1.54) is 6.92 Å². The summed E-state index contributed by atoms with van der Waals surface area (Å²) in [7, 11) is 1.06. The van der Waals surface area contributed by atoms with Gasteiger partial charge in [-0.05, 0) is 19.3 Å². The molecule has 2 atom stereocenters. The molecule has 0 rings (SSSR count). The summed E-state index contributed by atoms with van der Waals surface area (Å²) in [6, 6.07) is -2.62. The van der Waals surface area contributed by atoms with E-state index in [0.717, 1.165) is 7.11 Å². The van der Waals surface area contributed by atoms with Gasteiger partial charge < -0.3 is 20.1 Å². The normalized spacial score (nSPS) is 14.4. The molecular weight excluding hydrogens is 371 g/mol. The SMILES string of the molecule is COC(=O)NC(C)C(=O)NC(CC(C)C)C(=O)OCC(F)(F)C(F)(F)F. The molecule has 0 bridgehead atoms. The summed E-state index contributed by atoms with van der Waals surface area (Å²) >= 11 is 0. The first kappa shape index (κ1) is 23.9. The third kappa shape index (κ3) is 7.83. The molecule has 0 heterocycles. The van der Waals surface area contributed by atoms with Crippen LogP contribution in [0.2, 0.25) is 0 Å². The molecule has 0 aliphatic heterocycles. The van der Waals surface area contributed by atoms with E-state index in [-0.39, 0.29) is 12.3 Å². The topological polar surface area (TPSA) is 93.7 Å². The fraction of sp³-hybridized carbons (Fsp3) is 0.786. The number of alkyl halides is 5. The zero-order valence-corrected chi connectivity index (χ0v) is 14.6. The summed E-state index contributed by atoms with van der Waals surface area (Å²) in [4.78, 5) is 34.8. The number of halogens is 5. The van der Waals surface area contributed by atoms with Crippen molar-refractivity contribution in [2.75, 3.05) is 13.7 Å². The molecule has 0 aliphatic rings. The minimum Gasteiger partial charge on any atom is -0.457 e. The van der Waals surface area contributed by atoms with E-state index >= 15 is 0 Å². The van der Waals surface area contributed by atoms with Crippen LogP contribution in [0.5, 0.6) is 0 Å². The van der Waals surface area contributed by atoms with Crippen LogP contribution < -0.4 is 10.6 Å². The van der Waals surface area contributed by atoms with E-state index in [9.17, 15) is 36.3 Å². The molecule has 12 heteroatoms. The lowest BCUT2D eigenvalue weighted by molar-refractivity contribution is -0.294. The Labute approximate surface area is 146 Å².